The molecule has 0 saturated carbocycles. The summed E-state index contributed by atoms with van der Waals surface area (Å²) < 4.78 is 4.03. The fraction of sp³-hybridized carbons (Fsp3) is 0.500. The van der Waals surface area contributed by atoms with Gasteiger partial charge in [-0.3, -0.25) is 23.3 Å². The van der Waals surface area contributed by atoms with Crippen LogP contribution in [-0.2, 0) is 25.4 Å². The van der Waals surface area contributed by atoms with E-state index in [-0.39, 0.29) is 18.5 Å². The molecule has 0 atom stereocenters. The van der Waals surface area contributed by atoms with Crippen LogP contribution in [-0.4, -0.2) is 36.3 Å². The molecule has 0 spiro atoms. The van der Waals surface area contributed by atoms with E-state index < -0.39 is 17.2 Å². The lowest BCUT2D eigenvalue weighted by molar-refractivity contribution is -0.136. The zero-order valence-electron chi connectivity index (χ0n) is 12.1. The molecule has 114 valence electrons. The van der Waals surface area contributed by atoms with E-state index in [9.17, 15) is 14.4 Å². The van der Waals surface area contributed by atoms with Crippen LogP contribution < -0.4 is 16.6 Å². The monoisotopic (exact) mass is 295 g/mol. The first kappa shape index (κ1) is 14.8. The van der Waals surface area contributed by atoms with Crippen LogP contribution in [0.4, 0.5) is 5.95 Å². The number of aliphatic carboxylic acids is 1. The summed E-state index contributed by atoms with van der Waals surface area (Å²) in [6.45, 7) is 2.53. The van der Waals surface area contributed by atoms with Crippen LogP contribution in [0.1, 0.15) is 13.3 Å². The average Bonchev–Trinajstić information content (AvgIpc) is 2.81. The topological polar surface area (TPSA) is 111 Å². The Labute approximate surface area is 119 Å². The molecule has 21 heavy (non-hydrogen) atoms. The molecular formula is C12H17N5O4. The van der Waals surface area contributed by atoms with Crippen molar-refractivity contribution in [2.45, 2.75) is 19.9 Å². The molecule has 0 aromatic carbocycles. The van der Waals surface area contributed by atoms with Crippen LogP contribution in [0.25, 0.3) is 11.2 Å². The van der Waals surface area contributed by atoms with Gasteiger partial charge in [-0.15, -0.1) is 0 Å². The molecule has 2 N–H and O–H groups in total. The third kappa shape index (κ3) is 2.41. The quantitative estimate of drug-likeness (QED) is 0.757. The third-order valence-electron chi connectivity index (χ3n) is 3.28. The SMILES string of the molecule is CCn1c(NCCC(=O)O)nc2c(=O)n(C)c(=O)n(C)c21. The Bertz CT molecular complexity index is 814. The second-order valence-corrected chi connectivity index (χ2v) is 4.63. The fourth-order valence-corrected chi connectivity index (χ4v) is 2.20. The number of carboxylic acids is 1. The number of aromatic nitrogens is 4. The number of hydrogen-bond donors (Lipinski definition) is 2. The first-order valence-electron chi connectivity index (χ1n) is 6.50. The normalized spacial score (nSPS) is 11.0. The van der Waals surface area contributed by atoms with Crippen molar-refractivity contribution in [3.63, 3.8) is 0 Å². The molecule has 0 bridgehead atoms. The van der Waals surface area contributed by atoms with Gasteiger partial charge in [-0.1, -0.05) is 0 Å². The van der Waals surface area contributed by atoms with E-state index in [2.05, 4.69) is 10.3 Å². The first-order chi connectivity index (χ1) is 9.88. The van der Waals surface area contributed by atoms with Gasteiger partial charge in [0.25, 0.3) is 5.56 Å². The number of imidazole rings is 1. The van der Waals surface area contributed by atoms with E-state index in [0.29, 0.717) is 18.1 Å². The van der Waals surface area contributed by atoms with Crippen molar-refractivity contribution in [1.29, 1.82) is 0 Å². The van der Waals surface area contributed by atoms with E-state index in [1.165, 1.54) is 11.6 Å². The Hall–Kier alpha value is -2.58. The molecule has 2 aromatic rings. The standard InChI is InChI=1S/C12H17N5O4/c1-4-17-9-8(10(20)16(3)12(21)15(9)2)14-11(17)13-6-5-7(18)19/h4-6H2,1-3H3,(H,13,14)(H,18,19). The van der Waals surface area contributed by atoms with Gasteiger partial charge in [0, 0.05) is 27.2 Å². The van der Waals surface area contributed by atoms with Gasteiger partial charge >= 0.3 is 11.7 Å². The second-order valence-electron chi connectivity index (χ2n) is 4.63. The van der Waals surface area contributed by atoms with Crippen molar-refractivity contribution in [2.24, 2.45) is 14.1 Å². The van der Waals surface area contributed by atoms with Gasteiger partial charge in [-0.2, -0.15) is 0 Å². The van der Waals surface area contributed by atoms with Crippen LogP contribution >= 0.6 is 0 Å². The van der Waals surface area contributed by atoms with Crippen LogP contribution in [0.3, 0.4) is 0 Å². The highest BCUT2D eigenvalue weighted by Crippen LogP contribution is 2.15. The lowest BCUT2D eigenvalue weighted by atomic mass is 10.4. The van der Waals surface area contributed by atoms with Gasteiger partial charge in [0.2, 0.25) is 5.95 Å². The summed E-state index contributed by atoms with van der Waals surface area (Å²) in [6.07, 6.45) is -0.0656. The van der Waals surface area contributed by atoms with Crippen molar-refractivity contribution >= 4 is 23.1 Å². The van der Waals surface area contributed by atoms with E-state index in [1.807, 2.05) is 6.92 Å². The highest BCUT2D eigenvalue weighted by molar-refractivity contribution is 5.74. The van der Waals surface area contributed by atoms with Gasteiger partial charge in [-0.25, -0.2) is 9.78 Å². The van der Waals surface area contributed by atoms with Crippen LogP contribution in [0.2, 0.25) is 0 Å². The van der Waals surface area contributed by atoms with Crippen molar-refractivity contribution in [3.8, 4) is 0 Å². The molecule has 0 aliphatic heterocycles. The summed E-state index contributed by atoms with van der Waals surface area (Å²) in [6, 6.07) is 0. The molecule has 0 radical (unpaired) electrons. The lowest BCUT2D eigenvalue weighted by Crippen LogP contribution is -2.37. The van der Waals surface area contributed by atoms with E-state index in [4.69, 9.17) is 5.11 Å². The summed E-state index contributed by atoms with van der Waals surface area (Å²) in [5, 5.41) is 11.5. The number of nitrogens with zero attached hydrogens (tertiary/aromatic N) is 4. The zero-order valence-corrected chi connectivity index (χ0v) is 12.1. The molecule has 0 fully saturated rings. The molecule has 9 nitrogen and oxygen atoms in total. The zero-order chi connectivity index (χ0) is 15.7. The number of aryl methyl sites for hydroxylation is 2. The van der Waals surface area contributed by atoms with Crippen molar-refractivity contribution < 1.29 is 9.90 Å². The molecule has 0 amide bonds. The maximum atomic E-state index is 12.1. The summed E-state index contributed by atoms with van der Waals surface area (Å²) in [5.74, 6) is -0.544. The minimum absolute atomic E-state index is 0.0656. The molecular weight excluding hydrogens is 278 g/mol. The predicted molar refractivity (Wildman–Crippen MR) is 76.6 cm³/mol. The number of hydrogen-bond acceptors (Lipinski definition) is 5. The van der Waals surface area contributed by atoms with E-state index >= 15 is 0 Å². The number of anilines is 1. The van der Waals surface area contributed by atoms with Crippen LogP contribution in [0.5, 0.6) is 0 Å². The Morgan fingerprint density at radius 3 is 2.52 bits per heavy atom. The highest BCUT2D eigenvalue weighted by atomic mass is 16.4. The Balaban J connectivity index is 2.61. The summed E-state index contributed by atoms with van der Waals surface area (Å²) in [4.78, 5) is 38.8. The largest absolute Gasteiger partial charge is 0.481 e. The van der Waals surface area contributed by atoms with Crippen molar-refractivity contribution in [3.05, 3.63) is 20.8 Å². The van der Waals surface area contributed by atoms with Gasteiger partial charge in [0.1, 0.15) is 0 Å². The molecule has 2 heterocycles. The number of nitrogens with one attached hydrogen (secondary N) is 1. The van der Waals surface area contributed by atoms with Crippen LogP contribution in [0.15, 0.2) is 9.59 Å². The lowest BCUT2D eigenvalue weighted by Gasteiger charge is -2.09. The third-order valence-corrected chi connectivity index (χ3v) is 3.28. The Kier molecular flexibility index (Phi) is 3.83. The molecule has 2 rings (SSSR count). The molecule has 0 saturated heterocycles. The van der Waals surface area contributed by atoms with Gasteiger partial charge in [0.15, 0.2) is 11.2 Å². The Morgan fingerprint density at radius 2 is 1.95 bits per heavy atom. The van der Waals surface area contributed by atoms with E-state index in [0.717, 1.165) is 4.57 Å². The average molecular weight is 295 g/mol. The molecule has 0 unspecified atom stereocenters. The number of carboxylic acid groups (broad SMARTS) is 1. The summed E-state index contributed by atoms with van der Waals surface area (Å²) in [5.41, 5.74) is -0.302. The molecule has 0 aliphatic rings. The number of fused-ring (bicyclic) bond motifs is 1. The summed E-state index contributed by atoms with van der Waals surface area (Å²) in [7, 11) is 2.96. The minimum Gasteiger partial charge on any atom is -0.481 e. The molecule has 2 aromatic heterocycles. The maximum absolute atomic E-state index is 12.1. The van der Waals surface area contributed by atoms with Gasteiger partial charge in [-0.05, 0) is 6.92 Å². The summed E-state index contributed by atoms with van der Waals surface area (Å²) >= 11 is 0. The highest BCUT2D eigenvalue weighted by Gasteiger charge is 2.17. The van der Waals surface area contributed by atoms with Crippen molar-refractivity contribution in [2.75, 3.05) is 11.9 Å². The molecule has 9 heteroatoms. The molecule has 0 aliphatic carbocycles. The maximum Gasteiger partial charge on any atom is 0.332 e. The van der Waals surface area contributed by atoms with Crippen LogP contribution in [0, 0.1) is 0 Å². The van der Waals surface area contributed by atoms with Crippen molar-refractivity contribution in [1.82, 2.24) is 18.7 Å². The Morgan fingerprint density at radius 1 is 1.29 bits per heavy atom. The fourth-order valence-electron chi connectivity index (χ4n) is 2.20. The smallest absolute Gasteiger partial charge is 0.332 e. The van der Waals surface area contributed by atoms with E-state index in [1.54, 1.807) is 11.6 Å². The predicted octanol–water partition coefficient (Wildman–Crippen LogP) is -0.660. The minimum atomic E-state index is -0.926. The van der Waals surface area contributed by atoms with Gasteiger partial charge < -0.3 is 10.4 Å². The number of rotatable bonds is 5. The van der Waals surface area contributed by atoms with Gasteiger partial charge in [0.05, 0.1) is 6.42 Å². The number of carbonyl (C=O) groups is 1. The second kappa shape index (κ2) is 5.43. The first-order valence-corrected chi connectivity index (χ1v) is 6.50.